The van der Waals surface area contributed by atoms with Gasteiger partial charge in [0.15, 0.2) is 0 Å². The molecule has 0 bridgehead atoms. The summed E-state index contributed by atoms with van der Waals surface area (Å²) in [6.45, 7) is 0. The van der Waals surface area contributed by atoms with Gasteiger partial charge in [-0.05, 0) is 30.7 Å². The minimum absolute atomic E-state index is 0.259. The Labute approximate surface area is 98.5 Å². The van der Waals surface area contributed by atoms with Gasteiger partial charge in [0.25, 0.3) is 0 Å². The van der Waals surface area contributed by atoms with Gasteiger partial charge in [-0.2, -0.15) is 0 Å². The maximum Gasteiger partial charge on any atom is 0.320 e. The van der Waals surface area contributed by atoms with Gasteiger partial charge in [0.05, 0.1) is 0 Å². The molecule has 0 saturated carbocycles. The topological polar surface area (TPSA) is 83.5 Å². The summed E-state index contributed by atoms with van der Waals surface area (Å²) in [5.74, 6) is 0.0426. The van der Waals surface area contributed by atoms with E-state index in [1.165, 1.54) is 11.8 Å². The highest BCUT2D eigenvalue weighted by molar-refractivity contribution is 7.99. The van der Waals surface area contributed by atoms with Crippen LogP contribution < -0.4 is 5.73 Å². The van der Waals surface area contributed by atoms with E-state index in [0.717, 1.165) is 10.6 Å². The lowest BCUT2D eigenvalue weighted by atomic mass is 10.2. The number of nitrogens with two attached hydrogens (primary N) is 1. The second kappa shape index (κ2) is 6.40. The Bertz CT molecular complexity index is 357. The van der Waals surface area contributed by atoms with E-state index in [2.05, 4.69) is 0 Å². The van der Waals surface area contributed by atoms with E-state index in [1.807, 2.05) is 12.1 Å². The molecule has 0 aliphatic rings. The lowest BCUT2D eigenvalue weighted by molar-refractivity contribution is -0.138. The third-order valence-corrected chi connectivity index (χ3v) is 3.25. The highest BCUT2D eigenvalue weighted by Gasteiger charge is 2.10. The van der Waals surface area contributed by atoms with Gasteiger partial charge in [0.2, 0.25) is 0 Å². The van der Waals surface area contributed by atoms with Crippen molar-refractivity contribution in [3.05, 3.63) is 24.3 Å². The molecule has 4 nitrogen and oxygen atoms in total. The molecule has 0 fully saturated rings. The van der Waals surface area contributed by atoms with Crippen molar-refractivity contribution in [1.29, 1.82) is 0 Å². The third kappa shape index (κ3) is 4.12. The molecular weight excluding hydrogens is 226 g/mol. The predicted molar refractivity (Wildman–Crippen MR) is 63.7 cm³/mol. The second-order valence-corrected chi connectivity index (χ2v) is 4.54. The van der Waals surface area contributed by atoms with Crippen LogP contribution in [0.1, 0.15) is 12.8 Å². The van der Waals surface area contributed by atoms with Crippen molar-refractivity contribution in [2.45, 2.75) is 23.8 Å². The minimum atomic E-state index is -0.965. The molecular formula is C11H15NO3S. The van der Waals surface area contributed by atoms with Gasteiger partial charge >= 0.3 is 5.97 Å². The van der Waals surface area contributed by atoms with Crippen molar-refractivity contribution in [3.8, 4) is 5.75 Å². The molecule has 0 spiro atoms. The molecule has 1 unspecified atom stereocenters. The molecule has 88 valence electrons. The molecule has 0 aliphatic heterocycles. The van der Waals surface area contributed by atoms with Gasteiger partial charge < -0.3 is 15.9 Å². The summed E-state index contributed by atoms with van der Waals surface area (Å²) in [4.78, 5) is 11.3. The normalized spacial score (nSPS) is 12.3. The van der Waals surface area contributed by atoms with Gasteiger partial charge in [0, 0.05) is 4.90 Å². The van der Waals surface area contributed by atoms with Crippen molar-refractivity contribution in [2.24, 2.45) is 5.73 Å². The number of carboxylic acid groups (broad SMARTS) is 1. The molecule has 0 aromatic heterocycles. The van der Waals surface area contributed by atoms with Gasteiger partial charge in [-0.25, -0.2) is 0 Å². The van der Waals surface area contributed by atoms with Gasteiger partial charge in [0.1, 0.15) is 11.8 Å². The molecule has 0 heterocycles. The van der Waals surface area contributed by atoms with Crippen LogP contribution >= 0.6 is 11.8 Å². The Morgan fingerprint density at radius 1 is 1.44 bits per heavy atom. The number of carboxylic acids is 1. The van der Waals surface area contributed by atoms with Crippen molar-refractivity contribution in [2.75, 3.05) is 5.75 Å². The Morgan fingerprint density at radius 3 is 2.75 bits per heavy atom. The summed E-state index contributed by atoms with van der Waals surface area (Å²) >= 11 is 1.50. The van der Waals surface area contributed by atoms with Crippen LogP contribution in [-0.2, 0) is 4.79 Å². The molecule has 1 aromatic carbocycles. The highest BCUT2D eigenvalue weighted by atomic mass is 32.2. The number of thioether (sulfide) groups is 1. The van der Waals surface area contributed by atoms with E-state index >= 15 is 0 Å². The monoisotopic (exact) mass is 241 g/mol. The third-order valence-electron chi connectivity index (χ3n) is 2.10. The predicted octanol–water partition coefficient (Wildman–Crippen LogP) is 1.68. The fraction of sp³-hybridized carbons (Fsp3) is 0.364. The maximum absolute atomic E-state index is 10.4. The van der Waals surface area contributed by atoms with E-state index in [9.17, 15) is 9.90 Å². The summed E-state index contributed by atoms with van der Waals surface area (Å²) in [5, 5.41) is 18.0. The first-order chi connectivity index (χ1) is 7.61. The highest BCUT2D eigenvalue weighted by Crippen LogP contribution is 2.28. The summed E-state index contributed by atoms with van der Waals surface area (Å²) in [6, 6.07) is 6.29. The van der Waals surface area contributed by atoms with Crippen molar-refractivity contribution in [3.63, 3.8) is 0 Å². The number of aliphatic carboxylic acids is 1. The SMILES string of the molecule is NC(CCCSc1ccccc1O)C(=O)O. The molecule has 0 amide bonds. The molecule has 4 N–H and O–H groups in total. The largest absolute Gasteiger partial charge is 0.507 e. The first-order valence-electron chi connectivity index (χ1n) is 5.00. The maximum atomic E-state index is 10.4. The molecule has 16 heavy (non-hydrogen) atoms. The summed E-state index contributed by atoms with van der Waals surface area (Å²) < 4.78 is 0. The smallest absolute Gasteiger partial charge is 0.320 e. The standard InChI is InChI=1S/C11H15NO3S/c12-8(11(14)15)4-3-7-16-10-6-2-1-5-9(10)13/h1-2,5-6,8,13H,3-4,7,12H2,(H,14,15). The second-order valence-electron chi connectivity index (χ2n) is 3.40. The van der Waals surface area contributed by atoms with E-state index in [-0.39, 0.29) is 5.75 Å². The quantitative estimate of drug-likeness (QED) is 0.521. The molecule has 1 rings (SSSR count). The Morgan fingerprint density at radius 2 is 2.12 bits per heavy atom. The number of phenolic OH excluding ortho intramolecular Hbond substituents is 1. The number of hydrogen-bond acceptors (Lipinski definition) is 4. The van der Waals surface area contributed by atoms with E-state index in [0.29, 0.717) is 12.8 Å². The molecule has 0 saturated heterocycles. The van der Waals surface area contributed by atoms with E-state index in [1.54, 1.807) is 12.1 Å². The summed E-state index contributed by atoms with van der Waals surface area (Å²) in [6.07, 6.45) is 1.17. The average Bonchev–Trinajstić information content (AvgIpc) is 2.26. The van der Waals surface area contributed by atoms with E-state index in [4.69, 9.17) is 10.8 Å². The fourth-order valence-electron chi connectivity index (χ4n) is 1.19. The van der Waals surface area contributed by atoms with Crippen molar-refractivity contribution < 1.29 is 15.0 Å². The molecule has 0 radical (unpaired) electrons. The average molecular weight is 241 g/mol. The van der Waals surface area contributed by atoms with Gasteiger partial charge in [-0.3, -0.25) is 4.79 Å². The summed E-state index contributed by atoms with van der Waals surface area (Å²) in [7, 11) is 0. The van der Waals surface area contributed by atoms with Crippen molar-refractivity contribution in [1.82, 2.24) is 0 Å². The molecule has 1 aromatic rings. The van der Waals surface area contributed by atoms with Gasteiger partial charge in [-0.15, -0.1) is 11.8 Å². The van der Waals surface area contributed by atoms with Crippen LogP contribution in [0.15, 0.2) is 29.2 Å². The number of phenols is 1. The molecule has 0 aliphatic carbocycles. The number of hydrogen-bond donors (Lipinski definition) is 3. The molecule has 5 heteroatoms. The number of rotatable bonds is 6. The van der Waals surface area contributed by atoms with Crippen LogP contribution in [0.4, 0.5) is 0 Å². The van der Waals surface area contributed by atoms with Crippen LogP contribution in [0, 0.1) is 0 Å². The minimum Gasteiger partial charge on any atom is -0.507 e. The van der Waals surface area contributed by atoms with Gasteiger partial charge in [-0.1, -0.05) is 12.1 Å². The lowest BCUT2D eigenvalue weighted by Crippen LogP contribution is -2.29. The number of para-hydroxylation sites is 1. The van der Waals surface area contributed by atoms with E-state index < -0.39 is 12.0 Å². The van der Waals surface area contributed by atoms with Crippen LogP contribution in [0.2, 0.25) is 0 Å². The van der Waals surface area contributed by atoms with Crippen LogP contribution in [0.25, 0.3) is 0 Å². The Balaban J connectivity index is 2.26. The zero-order valence-corrected chi connectivity index (χ0v) is 9.61. The first kappa shape index (κ1) is 12.9. The van der Waals surface area contributed by atoms with Crippen LogP contribution in [-0.4, -0.2) is 28.0 Å². The van der Waals surface area contributed by atoms with Crippen LogP contribution in [0.5, 0.6) is 5.75 Å². The summed E-state index contributed by atoms with van der Waals surface area (Å²) in [5.41, 5.74) is 5.37. The Kier molecular flexibility index (Phi) is 5.14. The van der Waals surface area contributed by atoms with Crippen LogP contribution in [0.3, 0.4) is 0 Å². The number of aromatic hydroxyl groups is 1. The zero-order chi connectivity index (χ0) is 12.0. The number of benzene rings is 1. The zero-order valence-electron chi connectivity index (χ0n) is 8.80. The Hall–Kier alpha value is -1.20. The molecule has 1 atom stereocenters. The number of carbonyl (C=O) groups is 1. The fourth-order valence-corrected chi connectivity index (χ4v) is 2.11. The van der Waals surface area contributed by atoms with Crippen molar-refractivity contribution >= 4 is 17.7 Å². The first-order valence-corrected chi connectivity index (χ1v) is 5.99. The lowest BCUT2D eigenvalue weighted by Gasteiger charge is -2.06.